The van der Waals surface area contributed by atoms with Crippen LogP contribution in [0.1, 0.15) is 49.9 Å². The summed E-state index contributed by atoms with van der Waals surface area (Å²) in [6.07, 6.45) is 0. The minimum Gasteiger partial charge on any atom is -0.309 e. The standard InChI is InChI=1S/C47H33N3.C45H31N3.C44H27N3S/c1-47(2)38-25-15-14-24-36(38)42-34-22-12-13-23-35(34)43-37-28-32(26-27-41(37)50(45(43)44(42)47)33-20-10-5-11-21-33)46-48-39(30-16-6-3-7-17-30)29-40(49-46)31-18-8-4-9-19-31;1-45(2)36-21-11-8-18-33(36)39-31-16-6-7-17-32(31)40-35-20-10-13-23-38(35)48(43(40)41(39)45)44-46-37-22-12-9-19-34(37)42(47-44)30-26-24-29(25-27-30)28-14-4-3-5-15-28;1-4-14-28(15-5-1)36-27-37(29-16-6-2-7-17-29)46-44(45-36)30-24-25-38-35(26-30)40-32-20-10-11-21-33(32)41-34-22-12-13-23-39(34)48-43(41)42(40)47(38)31-18-8-3-9-19-31/h3-29H,1-2H3;3-27H,1-2H3;1-27H. The minimum absolute atomic E-state index is 0.199. The highest BCUT2D eigenvalue weighted by Gasteiger charge is 2.43. The highest BCUT2D eigenvalue weighted by Crippen LogP contribution is 2.60. The summed E-state index contributed by atoms with van der Waals surface area (Å²) in [6, 6.07) is 171. The van der Waals surface area contributed by atoms with Gasteiger partial charge in [-0.2, -0.15) is 0 Å². The van der Waals surface area contributed by atoms with Crippen molar-refractivity contribution >= 4 is 140 Å². The zero-order chi connectivity index (χ0) is 97.0. The molecule has 0 spiro atoms. The molecule has 10 heteroatoms. The molecule has 7 aromatic heterocycles. The Morgan fingerprint density at radius 3 is 1.03 bits per heavy atom. The average molecular weight is 1880 g/mol. The van der Waals surface area contributed by atoms with E-state index in [9.17, 15) is 0 Å². The Morgan fingerprint density at radius 2 is 0.548 bits per heavy atom. The molecule has 0 saturated carbocycles. The van der Waals surface area contributed by atoms with E-state index in [-0.39, 0.29) is 10.8 Å². The summed E-state index contributed by atoms with van der Waals surface area (Å²) in [5.74, 6) is 2.11. The van der Waals surface area contributed by atoms with Crippen LogP contribution in [0.4, 0.5) is 0 Å². The van der Waals surface area contributed by atoms with E-state index in [0.717, 1.165) is 101 Å². The maximum absolute atomic E-state index is 5.47. The normalized spacial score (nSPS) is 12.8. The number of thiophene rings is 1. The van der Waals surface area contributed by atoms with Crippen LogP contribution in [0.5, 0.6) is 0 Å². The van der Waals surface area contributed by atoms with E-state index in [1.165, 1.54) is 163 Å². The number of aromatic nitrogens is 9. The first-order valence-electron chi connectivity index (χ1n) is 50.0. The Kier molecular flexibility index (Phi) is 20.0. The second-order valence-corrected chi connectivity index (χ2v) is 40.4. The topological polar surface area (TPSA) is 92.1 Å². The molecule has 0 bridgehead atoms. The Hall–Kier alpha value is -18.5. The summed E-state index contributed by atoms with van der Waals surface area (Å²) < 4.78 is 9.90. The van der Waals surface area contributed by atoms with E-state index in [1.54, 1.807) is 0 Å². The van der Waals surface area contributed by atoms with Gasteiger partial charge >= 0.3 is 0 Å². The van der Waals surface area contributed by atoms with Crippen molar-refractivity contribution in [3.8, 4) is 130 Å². The van der Waals surface area contributed by atoms with Gasteiger partial charge in [-0.05, 0) is 179 Å². The number of para-hydroxylation sites is 4. The highest BCUT2D eigenvalue weighted by atomic mass is 32.1. The first-order chi connectivity index (χ1) is 72.0. The lowest BCUT2D eigenvalue weighted by atomic mass is 9.80. The molecule has 0 saturated heterocycles. The molecule has 2 aliphatic carbocycles. The molecule has 0 atom stereocenters. The van der Waals surface area contributed by atoms with Gasteiger partial charge in [0.2, 0.25) is 5.95 Å². The first-order valence-corrected chi connectivity index (χ1v) is 50.9. The lowest BCUT2D eigenvalue weighted by Gasteiger charge is -2.24. The molecule has 146 heavy (non-hydrogen) atoms. The summed E-state index contributed by atoms with van der Waals surface area (Å²) >= 11 is 1.88. The maximum atomic E-state index is 5.47. The van der Waals surface area contributed by atoms with E-state index in [1.807, 2.05) is 35.6 Å². The van der Waals surface area contributed by atoms with Crippen LogP contribution in [0, 0.1) is 0 Å². The molecule has 0 N–H and O–H groups in total. The number of fused-ring (bicyclic) bond motifs is 31. The molecule has 0 fully saturated rings. The van der Waals surface area contributed by atoms with Gasteiger partial charge in [-0.3, -0.25) is 4.57 Å². The number of benzene rings is 21. The third-order valence-corrected chi connectivity index (χ3v) is 31.5. The largest absolute Gasteiger partial charge is 0.309 e. The van der Waals surface area contributed by atoms with Crippen molar-refractivity contribution in [1.29, 1.82) is 0 Å². The summed E-state index contributed by atoms with van der Waals surface area (Å²) in [5.41, 5.74) is 34.9. The molecule has 686 valence electrons. The average Bonchev–Trinajstić information content (AvgIpc) is 1.52. The molecule has 7 heterocycles. The molecule has 30 rings (SSSR count). The van der Waals surface area contributed by atoms with E-state index in [2.05, 4.69) is 496 Å². The summed E-state index contributed by atoms with van der Waals surface area (Å²) in [4.78, 5) is 31.6. The van der Waals surface area contributed by atoms with Gasteiger partial charge in [0.25, 0.3) is 0 Å². The molecule has 0 radical (unpaired) electrons. The van der Waals surface area contributed by atoms with E-state index >= 15 is 0 Å². The number of nitrogens with zero attached hydrogens (tertiary/aromatic N) is 9. The molecule has 0 aliphatic heterocycles. The van der Waals surface area contributed by atoms with Crippen molar-refractivity contribution in [3.05, 3.63) is 501 Å². The van der Waals surface area contributed by atoms with Crippen molar-refractivity contribution in [1.82, 2.24) is 43.6 Å². The Morgan fingerprint density at radius 1 is 0.219 bits per heavy atom. The van der Waals surface area contributed by atoms with E-state index in [4.69, 9.17) is 29.9 Å². The van der Waals surface area contributed by atoms with Crippen LogP contribution in [0.3, 0.4) is 0 Å². The van der Waals surface area contributed by atoms with Crippen LogP contribution in [0.15, 0.2) is 479 Å². The van der Waals surface area contributed by atoms with E-state index < -0.39 is 0 Å². The number of hydrogen-bond donors (Lipinski definition) is 0. The van der Waals surface area contributed by atoms with Gasteiger partial charge in [0, 0.05) is 114 Å². The van der Waals surface area contributed by atoms with Gasteiger partial charge in [0.05, 0.1) is 71.8 Å². The third kappa shape index (κ3) is 13.7. The summed E-state index contributed by atoms with van der Waals surface area (Å²) in [5, 5.41) is 18.7. The molecule has 21 aromatic carbocycles. The predicted octanol–water partition coefficient (Wildman–Crippen LogP) is 35.7. The van der Waals surface area contributed by atoms with Crippen molar-refractivity contribution in [2.75, 3.05) is 0 Å². The van der Waals surface area contributed by atoms with Gasteiger partial charge in [-0.1, -0.05) is 416 Å². The quantitative estimate of drug-likeness (QED) is 0.128. The second kappa shape index (κ2) is 34.2. The third-order valence-electron chi connectivity index (χ3n) is 30.3. The number of rotatable bonds is 11. The second-order valence-electron chi connectivity index (χ2n) is 39.3. The molecule has 9 nitrogen and oxygen atoms in total. The van der Waals surface area contributed by atoms with E-state index in [0.29, 0.717) is 17.6 Å². The Balaban J connectivity index is 0.000000106. The van der Waals surface area contributed by atoms with Crippen LogP contribution in [-0.4, -0.2) is 43.6 Å². The fraction of sp³-hybridized carbons (Fsp3) is 0.0441. The van der Waals surface area contributed by atoms with Crippen LogP contribution in [-0.2, 0) is 10.8 Å². The van der Waals surface area contributed by atoms with Gasteiger partial charge in [0.15, 0.2) is 11.6 Å². The lowest BCUT2D eigenvalue weighted by Crippen LogP contribution is -2.17. The molecular formula is C136H91N9S. The summed E-state index contributed by atoms with van der Waals surface area (Å²) in [7, 11) is 0. The smallest absolute Gasteiger partial charge is 0.235 e. The van der Waals surface area contributed by atoms with Crippen LogP contribution < -0.4 is 0 Å². The first kappa shape index (κ1) is 85.5. The highest BCUT2D eigenvalue weighted by molar-refractivity contribution is 7.27. The molecule has 28 aromatic rings. The molecular weight excluding hydrogens is 1790 g/mol. The van der Waals surface area contributed by atoms with Crippen LogP contribution in [0.25, 0.3) is 259 Å². The maximum Gasteiger partial charge on any atom is 0.235 e. The number of hydrogen-bond acceptors (Lipinski definition) is 7. The molecule has 2 aliphatic rings. The van der Waals surface area contributed by atoms with Crippen molar-refractivity contribution in [2.45, 2.75) is 38.5 Å². The van der Waals surface area contributed by atoms with Gasteiger partial charge in [0.1, 0.15) is 0 Å². The summed E-state index contributed by atoms with van der Waals surface area (Å²) in [6.45, 7) is 9.51. The fourth-order valence-corrected chi connectivity index (χ4v) is 25.1. The predicted molar refractivity (Wildman–Crippen MR) is 611 cm³/mol. The van der Waals surface area contributed by atoms with Crippen molar-refractivity contribution < 1.29 is 0 Å². The monoisotopic (exact) mass is 1880 g/mol. The van der Waals surface area contributed by atoms with Gasteiger partial charge in [-0.15, -0.1) is 11.3 Å². The van der Waals surface area contributed by atoms with Gasteiger partial charge < -0.3 is 9.13 Å². The van der Waals surface area contributed by atoms with Gasteiger partial charge in [-0.25, -0.2) is 29.9 Å². The fourth-order valence-electron chi connectivity index (χ4n) is 23.8. The molecule has 0 unspecified atom stereocenters. The Labute approximate surface area is 847 Å². The van der Waals surface area contributed by atoms with Crippen LogP contribution in [0.2, 0.25) is 0 Å². The zero-order valence-electron chi connectivity index (χ0n) is 80.5. The Bertz CT molecular complexity index is 10000. The SMILES string of the molecule is CC1(C)c2ccccc2-c2c1c1c(c3ccccc23)c2cc(-c3nc(-c4ccccc4)cc(-c4ccccc4)n3)ccc2n1-c1ccccc1.CC1(C)c2ccccc2-c2c1c1c(c3ccccc23)c2ccccc2n1-c1nc(-c2ccc(-c3ccccc3)cc2)c2ccccc2n1.c1ccc(-c2cc(-c3ccccc3)nc(-c3ccc4c(c3)c3c5ccccc5c5c6ccccc6sc5c3n4-c3ccccc3)n2)cc1. The van der Waals surface area contributed by atoms with Crippen molar-refractivity contribution in [3.63, 3.8) is 0 Å². The molecule has 0 amide bonds. The minimum atomic E-state index is -0.229. The zero-order valence-corrected chi connectivity index (χ0v) is 81.4. The lowest BCUT2D eigenvalue weighted by molar-refractivity contribution is 0.663. The van der Waals surface area contributed by atoms with Crippen molar-refractivity contribution in [2.24, 2.45) is 0 Å². The van der Waals surface area contributed by atoms with Crippen LogP contribution >= 0.6 is 11.3 Å².